The smallest absolute Gasteiger partial charge is 0.272 e. The van der Waals surface area contributed by atoms with E-state index < -0.39 is 17.1 Å². The zero-order valence-electron chi connectivity index (χ0n) is 25.6. The van der Waals surface area contributed by atoms with Crippen molar-refractivity contribution in [2.75, 3.05) is 31.5 Å². The normalized spacial score (nSPS) is 14.5. The van der Waals surface area contributed by atoms with E-state index in [1.807, 2.05) is 0 Å². The number of carbonyl (C=O) groups is 4. The molecule has 240 valence electrons. The van der Waals surface area contributed by atoms with Crippen molar-refractivity contribution in [1.29, 1.82) is 0 Å². The number of imide groups is 1. The topological polar surface area (TPSA) is 123 Å². The van der Waals surface area contributed by atoms with E-state index >= 15 is 0 Å². The first-order chi connectivity index (χ1) is 22.7. The number of rotatable bonds is 11. The molecular formula is C35H30BrN3O7S. The van der Waals surface area contributed by atoms with Gasteiger partial charge in [0.15, 0.2) is 11.5 Å². The number of ether oxygens (including phenoxy) is 3. The summed E-state index contributed by atoms with van der Waals surface area (Å²) in [5.41, 5.74) is 1.62. The maximum atomic E-state index is 13.8. The second kappa shape index (κ2) is 15.0. The summed E-state index contributed by atoms with van der Waals surface area (Å²) < 4.78 is 17.3. The third-order valence-electron chi connectivity index (χ3n) is 7.11. The summed E-state index contributed by atoms with van der Waals surface area (Å²) in [4.78, 5) is 54.8. The number of benzene rings is 4. The second-order valence-corrected chi connectivity index (χ2v) is 12.4. The van der Waals surface area contributed by atoms with Crippen LogP contribution >= 0.6 is 27.7 Å². The van der Waals surface area contributed by atoms with E-state index in [-0.39, 0.29) is 23.9 Å². The third-order valence-corrected chi connectivity index (χ3v) is 8.81. The van der Waals surface area contributed by atoms with Crippen LogP contribution in [0.15, 0.2) is 106 Å². The van der Waals surface area contributed by atoms with E-state index in [2.05, 4.69) is 26.6 Å². The van der Waals surface area contributed by atoms with Crippen molar-refractivity contribution in [3.8, 4) is 17.2 Å². The Morgan fingerprint density at radius 2 is 1.64 bits per heavy atom. The Morgan fingerprint density at radius 1 is 0.894 bits per heavy atom. The molecular weight excluding hydrogens is 686 g/mol. The minimum atomic E-state index is -0.631. The van der Waals surface area contributed by atoms with Crippen molar-refractivity contribution in [2.24, 2.45) is 0 Å². The number of hydrogen-bond acceptors (Lipinski definition) is 8. The zero-order valence-corrected chi connectivity index (χ0v) is 28.0. The number of anilines is 2. The van der Waals surface area contributed by atoms with Gasteiger partial charge in [-0.05, 0) is 66.7 Å². The summed E-state index contributed by atoms with van der Waals surface area (Å²) in [6.45, 7) is 0. The van der Waals surface area contributed by atoms with Crippen LogP contribution in [0.2, 0.25) is 0 Å². The molecule has 2 N–H and O–H groups in total. The molecule has 0 spiro atoms. The fourth-order valence-corrected chi connectivity index (χ4v) is 6.24. The molecule has 1 aliphatic rings. The highest BCUT2D eigenvalue weighted by Crippen LogP contribution is 2.37. The van der Waals surface area contributed by atoms with Gasteiger partial charge in [-0.15, -0.1) is 11.8 Å². The van der Waals surface area contributed by atoms with Crippen LogP contribution in [0.25, 0.3) is 6.08 Å². The Hall–Kier alpha value is -5.07. The zero-order chi connectivity index (χ0) is 33.5. The Morgan fingerprint density at radius 3 is 2.32 bits per heavy atom. The van der Waals surface area contributed by atoms with Crippen molar-refractivity contribution in [1.82, 2.24) is 5.32 Å². The Labute approximate surface area is 284 Å². The van der Waals surface area contributed by atoms with E-state index in [1.165, 1.54) is 44.1 Å². The Bertz CT molecular complexity index is 1850. The van der Waals surface area contributed by atoms with E-state index in [0.717, 1.165) is 4.47 Å². The minimum Gasteiger partial charge on any atom is -0.497 e. The van der Waals surface area contributed by atoms with Gasteiger partial charge in [0, 0.05) is 38.7 Å². The maximum absolute atomic E-state index is 13.8. The fourth-order valence-electron chi connectivity index (χ4n) is 4.86. The van der Waals surface area contributed by atoms with Crippen LogP contribution in [0.5, 0.6) is 17.2 Å². The van der Waals surface area contributed by atoms with Gasteiger partial charge < -0.3 is 24.8 Å². The maximum Gasteiger partial charge on any atom is 0.272 e. The van der Waals surface area contributed by atoms with Gasteiger partial charge in [0.2, 0.25) is 11.8 Å². The molecule has 12 heteroatoms. The van der Waals surface area contributed by atoms with E-state index in [4.69, 9.17) is 14.2 Å². The number of amides is 4. The highest BCUT2D eigenvalue weighted by molar-refractivity contribution is 9.10. The van der Waals surface area contributed by atoms with Crippen LogP contribution < -0.4 is 29.7 Å². The number of halogens is 1. The first kappa shape index (κ1) is 33.3. The number of hydrogen-bond donors (Lipinski definition) is 2. The lowest BCUT2D eigenvalue weighted by Crippen LogP contribution is -2.31. The highest BCUT2D eigenvalue weighted by Gasteiger charge is 2.40. The van der Waals surface area contributed by atoms with Crippen LogP contribution in [-0.4, -0.2) is 50.2 Å². The molecule has 0 radical (unpaired) electrons. The van der Waals surface area contributed by atoms with Gasteiger partial charge in [0.25, 0.3) is 11.8 Å². The van der Waals surface area contributed by atoms with Gasteiger partial charge in [-0.25, -0.2) is 4.90 Å². The molecule has 4 amide bonds. The van der Waals surface area contributed by atoms with Crippen molar-refractivity contribution in [2.45, 2.75) is 16.6 Å². The molecule has 0 aliphatic carbocycles. The summed E-state index contributed by atoms with van der Waals surface area (Å²) in [7, 11) is 4.44. The predicted molar refractivity (Wildman–Crippen MR) is 184 cm³/mol. The molecule has 47 heavy (non-hydrogen) atoms. The van der Waals surface area contributed by atoms with Crippen molar-refractivity contribution >= 4 is 68.8 Å². The monoisotopic (exact) mass is 715 g/mol. The second-order valence-electron chi connectivity index (χ2n) is 10.2. The summed E-state index contributed by atoms with van der Waals surface area (Å²) >= 11 is 4.60. The van der Waals surface area contributed by atoms with Crippen molar-refractivity contribution < 1.29 is 33.4 Å². The van der Waals surface area contributed by atoms with Crippen LogP contribution in [-0.2, 0) is 14.4 Å². The minimum absolute atomic E-state index is 0.0421. The molecule has 5 rings (SSSR count). The number of nitrogens with zero attached hydrogens (tertiary/aromatic N) is 1. The van der Waals surface area contributed by atoms with Crippen molar-refractivity contribution in [3.63, 3.8) is 0 Å². The quantitative estimate of drug-likeness (QED) is 0.137. The molecule has 4 aromatic carbocycles. The fraction of sp³-hybridized carbons (Fsp3) is 0.143. The molecule has 0 aromatic heterocycles. The molecule has 10 nitrogen and oxygen atoms in total. The first-order valence-corrected chi connectivity index (χ1v) is 16.0. The van der Waals surface area contributed by atoms with E-state index in [1.54, 1.807) is 91.0 Å². The molecule has 0 unspecified atom stereocenters. The lowest BCUT2D eigenvalue weighted by atomic mass is 10.1. The molecule has 0 saturated carbocycles. The van der Waals surface area contributed by atoms with E-state index in [0.29, 0.717) is 44.6 Å². The van der Waals surface area contributed by atoms with Gasteiger partial charge in [0.1, 0.15) is 11.4 Å². The summed E-state index contributed by atoms with van der Waals surface area (Å²) in [6, 6.07) is 25.7. The number of nitrogens with one attached hydrogen (secondary N) is 2. The van der Waals surface area contributed by atoms with Crippen LogP contribution in [0.1, 0.15) is 22.3 Å². The van der Waals surface area contributed by atoms with Gasteiger partial charge in [0.05, 0.1) is 32.3 Å². The molecule has 1 fully saturated rings. The lowest BCUT2D eigenvalue weighted by Gasteiger charge is -2.16. The van der Waals surface area contributed by atoms with Gasteiger partial charge in [-0.2, -0.15) is 0 Å². The van der Waals surface area contributed by atoms with Crippen LogP contribution in [0.4, 0.5) is 11.4 Å². The number of thioether (sulfide) groups is 1. The van der Waals surface area contributed by atoms with Crippen LogP contribution in [0, 0.1) is 0 Å². The molecule has 1 aliphatic heterocycles. The SMILES string of the molecule is COc1cc(/C=C(\NC(=O)c2ccccc2)C(=O)Nc2cccc(S[C@@H]3CC(=O)N(c4ccc(Br)cc4)C3=O)c2)c(OC)c(OC)c1. The Kier molecular flexibility index (Phi) is 10.6. The summed E-state index contributed by atoms with van der Waals surface area (Å²) in [5.74, 6) is -0.555. The molecule has 1 atom stereocenters. The van der Waals surface area contributed by atoms with Crippen LogP contribution in [0.3, 0.4) is 0 Å². The van der Waals surface area contributed by atoms with Gasteiger partial charge in [-0.3, -0.25) is 19.2 Å². The first-order valence-electron chi connectivity index (χ1n) is 14.3. The number of carbonyl (C=O) groups excluding carboxylic acids is 4. The third kappa shape index (κ3) is 7.84. The molecule has 0 bridgehead atoms. The molecule has 1 heterocycles. The lowest BCUT2D eigenvalue weighted by molar-refractivity contribution is -0.121. The van der Waals surface area contributed by atoms with Gasteiger partial charge >= 0.3 is 0 Å². The standard InChI is InChI=1S/C35H30BrN3O7S/c1-44-26-16-22(32(46-3)29(19-26)45-2)17-28(38-33(41)21-8-5-4-6-9-21)34(42)37-24-10-7-11-27(18-24)47-30-20-31(40)39(35(30)43)25-14-12-23(36)13-15-25/h4-19,30H,20H2,1-3H3,(H,37,42)(H,38,41)/b28-17-/t30-/m1/s1. The predicted octanol–water partition coefficient (Wildman–Crippen LogP) is 6.31. The average molecular weight is 717 g/mol. The summed E-state index contributed by atoms with van der Waals surface area (Å²) in [6.07, 6.45) is 1.51. The molecule has 4 aromatic rings. The molecule has 1 saturated heterocycles. The highest BCUT2D eigenvalue weighted by atomic mass is 79.9. The Balaban J connectivity index is 1.40. The van der Waals surface area contributed by atoms with Gasteiger partial charge in [-0.1, -0.05) is 40.2 Å². The van der Waals surface area contributed by atoms with Crippen molar-refractivity contribution in [3.05, 3.63) is 112 Å². The average Bonchev–Trinajstić information content (AvgIpc) is 3.36. The largest absolute Gasteiger partial charge is 0.497 e. The van der Waals surface area contributed by atoms with E-state index in [9.17, 15) is 19.2 Å². The number of methoxy groups -OCH3 is 3. The summed E-state index contributed by atoms with van der Waals surface area (Å²) in [5, 5.41) is 4.92.